The molecular weight excluding hydrogens is 204 g/mol. The highest BCUT2D eigenvalue weighted by atomic mass is 16.5. The third-order valence-electron chi connectivity index (χ3n) is 2.38. The molecule has 1 N–H and O–H groups in total. The minimum atomic E-state index is -0.520. The molecule has 1 unspecified atom stereocenters. The fourth-order valence-corrected chi connectivity index (χ4v) is 1.54. The highest BCUT2D eigenvalue weighted by Crippen LogP contribution is 2.26. The number of hydrogen-bond acceptors (Lipinski definition) is 3. The van der Waals surface area contributed by atoms with Gasteiger partial charge in [-0.05, 0) is 12.5 Å². The highest BCUT2D eigenvalue weighted by Gasteiger charge is 2.11. The maximum absolute atomic E-state index is 9.97. The predicted molar refractivity (Wildman–Crippen MR) is 63.7 cm³/mol. The zero-order valence-electron chi connectivity index (χ0n) is 9.98. The summed E-state index contributed by atoms with van der Waals surface area (Å²) >= 11 is 0. The molecule has 0 amide bonds. The normalized spacial score (nSPS) is 12.4. The van der Waals surface area contributed by atoms with E-state index in [9.17, 15) is 5.11 Å². The van der Waals surface area contributed by atoms with Gasteiger partial charge in [-0.25, -0.2) is 0 Å². The van der Waals surface area contributed by atoms with Crippen LogP contribution in [0.5, 0.6) is 5.75 Å². The lowest BCUT2D eigenvalue weighted by Gasteiger charge is -2.14. The van der Waals surface area contributed by atoms with E-state index in [4.69, 9.17) is 9.47 Å². The molecule has 1 aromatic rings. The Balaban J connectivity index is 2.48. The fourth-order valence-electron chi connectivity index (χ4n) is 1.54. The molecule has 3 nitrogen and oxygen atoms in total. The largest absolute Gasteiger partial charge is 0.496 e. The van der Waals surface area contributed by atoms with Crippen LogP contribution in [0.4, 0.5) is 0 Å². The summed E-state index contributed by atoms with van der Waals surface area (Å²) in [4.78, 5) is 0. The summed E-state index contributed by atoms with van der Waals surface area (Å²) in [6.45, 7) is 3.39. The Hall–Kier alpha value is -1.06. The SMILES string of the molecule is CCCOCCC(O)c1ccccc1OC. The molecule has 1 rings (SSSR count). The van der Waals surface area contributed by atoms with Gasteiger partial charge in [-0.2, -0.15) is 0 Å². The molecule has 1 atom stereocenters. The first-order valence-corrected chi connectivity index (χ1v) is 5.68. The molecule has 0 saturated carbocycles. The Bertz CT molecular complexity index is 299. The van der Waals surface area contributed by atoms with Crippen LogP contribution in [-0.4, -0.2) is 25.4 Å². The summed E-state index contributed by atoms with van der Waals surface area (Å²) in [7, 11) is 1.61. The second kappa shape index (κ2) is 7.25. The number of para-hydroxylation sites is 1. The van der Waals surface area contributed by atoms with Crippen molar-refractivity contribution in [1.29, 1.82) is 0 Å². The summed E-state index contributed by atoms with van der Waals surface area (Å²) in [5.41, 5.74) is 0.824. The van der Waals surface area contributed by atoms with E-state index >= 15 is 0 Å². The predicted octanol–water partition coefficient (Wildman–Crippen LogP) is 2.55. The Morgan fingerprint density at radius 2 is 2.00 bits per heavy atom. The summed E-state index contributed by atoms with van der Waals surface area (Å²) in [6.07, 6.45) is 1.08. The Morgan fingerprint density at radius 3 is 2.69 bits per heavy atom. The summed E-state index contributed by atoms with van der Waals surface area (Å²) in [5, 5.41) is 9.97. The van der Waals surface area contributed by atoms with Gasteiger partial charge >= 0.3 is 0 Å². The van der Waals surface area contributed by atoms with Gasteiger partial charge < -0.3 is 14.6 Å². The van der Waals surface area contributed by atoms with Crippen LogP contribution < -0.4 is 4.74 Å². The monoisotopic (exact) mass is 224 g/mol. The van der Waals surface area contributed by atoms with Crippen LogP contribution in [0.1, 0.15) is 31.4 Å². The summed E-state index contributed by atoms with van der Waals surface area (Å²) in [5.74, 6) is 0.727. The highest BCUT2D eigenvalue weighted by molar-refractivity contribution is 5.34. The third-order valence-corrected chi connectivity index (χ3v) is 2.38. The topological polar surface area (TPSA) is 38.7 Å². The van der Waals surface area contributed by atoms with E-state index in [1.54, 1.807) is 7.11 Å². The number of ether oxygens (including phenoxy) is 2. The molecule has 0 aliphatic heterocycles. The van der Waals surface area contributed by atoms with Gasteiger partial charge in [0.15, 0.2) is 0 Å². The van der Waals surface area contributed by atoms with Crippen molar-refractivity contribution in [2.45, 2.75) is 25.9 Å². The molecule has 0 bridgehead atoms. The van der Waals surface area contributed by atoms with E-state index in [-0.39, 0.29) is 0 Å². The van der Waals surface area contributed by atoms with Gasteiger partial charge in [0.05, 0.1) is 13.2 Å². The number of aliphatic hydroxyl groups is 1. The summed E-state index contributed by atoms with van der Waals surface area (Å²) < 4.78 is 10.5. The van der Waals surface area contributed by atoms with Crippen molar-refractivity contribution in [3.63, 3.8) is 0 Å². The van der Waals surface area contributed by atoms with Gasteiger partial charge in [0.25, 0.3) is 0 Å². The first-order chi connectivity index (χ1) is 7.79. The van der Waals surface area contributed by atoms with E-state index in [0.29, 0.717) is 13.0 Å². The van der Waals surface area contributed by atoms with Crippen molar-refractivity contribution >= 4 is 0 Å². The smallest absolute Gasteiger partial charge is 0.124 e. The third kappa shape index (κ3) is 3.83. The van der Waals surface area contributed by atoms with Gasteiger partial charge in [-0.15, -0.1) is 0 Å². The van der Waals surface area contributed by atoms with Crippen LogP contribution in [0.3, 0.4) is 0 Å². The molecule has 1 aromatic carbocycles. The number of methoxy groups -OCH3 is 1. The maximum atomic E-state index is 9.97. The van der Waals surface area contributed by atoms with Crippen LogP contribution in [0.2, 0.25) is 0 Å². The average Bonchev–Trinajstić information content (AvgIpc) is 2.34. The number of hydrogen-bond donors (Lipinski definition) is 1. The lowest BCUT2D eigenvalue weighted by atomic mass is 10.1. The molecule has 0 spiro atoms. The fraction of sp³-hybridized carbons (Fsp3) is 0.538. The van der Waals surface area contributed by atoms with Crippen molar-refractivity contribution in [2.75, 3.05) is 20.3 Å². The van der Waals surface area contributed by atoms with Gasteiger partial charge in [0.2, 0.25) is 0 Å². The van der Waals surface area contributed by atoms with Crippen LogP contribution in [0.25, 0.3) is 0 Å². The molecular formula is C13H20O3. The van der Waals surface area contributed by atoms with Gasteiger partial charge in [0.1, 0.15) is 5.75 Å². The molecule has 0 aliphatic rings. The minimum Gasteiger partial charge on any atom is -0.496 e. The van der Waals surface area contributed by atoms with Crippen LogP contribution in [0, 0.1) is 0 Å². The van der Waals surface area contributed by atoms with Crippen molar-refractivity contribution < 1.29 is 14.6 Å². The number of aliphatic hydroxyl groups excluding tert-OH is 1. The quantitative estimate of drug-likeness (QED) is 0.723. The molecule has 0 heterocycles. The zero-order valence-corrected chi connectivity index (χ0v) is 9.98. The summed E-state index contributed by atoms with van der Waals surface area (Å²) in [6, 6.07) is 7.52. The molecule has 90 valence electrons. The van der Waals surface area contributed by atoms with E-state index in [0.717, 1.165) is 24.3 Å². The molecule has 3 heteroatoms. The lowest BCUT2D eigenvalue weighted by Crippen LogP contribution is -2.05. The number of rotatable bonds is 7. The number of benzene rings is 1. The Kier molecular flexibility index (Phi) is 5.90. The van der Waals surface area contributed by atoms with E-state index in [2.05, 4.69) is 6.92 Å². The average molecular weight is 224 g/mol. The maximum Gasteiger partial charge on any atom is 0.124 e. The second-order valence-electron chi connectivity index (χ2n) is 3.66. The van der Waals surface area contributed by atoms with E-state index in [1.165, 1.54) is 0 Å². The molecule has 0 saturated heterocycles. The van der Waals surface area contributed by atoms with E-state index in [1.807, 2.05) is 24.3 Å². The van der Waals surface area contributed by atoms with Gasteiger partial charge in [-0.3, -0.25) is 0 Å². The van der Waals surface area contributed by atoms with Crippen molar-refractivity contribution in [3.8, 4) is 5.75 Å². The van der Waals surface area contributed by atoms with Crippen molar-refractivity contribution in [2.24, 2.45) is 0 Å². The molecule has 0 aromatic heterocycles. The standard InChI is InChI=1S/C13H20O3/c1-3-9-16-10-8-12(14)11-6-4-5-7-13(11)15-2/h4-7,12,14H,3,8-10H2,1-2H3. The van der Waals surface area contributed by atoms with Gasteiger partial charge in [0, 0.05) is 25.2 Å². The first-order valence-electron chi connectivity index (χ1n) is 5.68. The molecule has 0 aliphatic carbocycles. The molecule has 0 radical (unpaired) electrons. The van der Waals surface area contributed by atoms with E-state index < -0.39 is 6.10 Å². The zero-order chi connectivity index (χ0) is 11.8. The Labute approximate surface area is 97.0 Å². The molecule has 16 heavy (non-hydrogen) atoms. The second-order valence-corrected chi connectivity index (χ2v) is 3.66. The van der Waals surface area contributed by atoms with Crippen LogP contribution >= 0.6 is 0 Å². The van der Waals surface area contributed by atoms with Gasteiger partial charge in [-0.1, -0.05) is 25.1 Å². The Morgan fingerprint density at radius 1 is 1.25 bits per heavy atom. The molecule has 0 fully saturated rings. The van der Waals surface area contributed by atoms with Crippen LogP contribution in [0.15, 0.2) is 24.3 Å². The van der Waals surface area contributed by atoms with Crippen LogP contribution in [-0.2, 0) is 4.74 Å². The lowest BCUT2D eigenvalue weighted by molar-refractivity contribution is 0.0811. The van der Waals surface area contributed by atoms with Crippen molar-refractivity contribution in [3.05, 3.63) is 29.8 Å². The van der Waals surface area contributed by atoms with Crippen molar-refractivity contribution in [1.82, 2.24) is 0 Å². The minimum absolute atomic E-state index is 0.520. The first kappa shape index (κ1) is 13.0.